The van der Waals surface area contributed by atoms with Gasteiger partial charge in [-0.15, -0.1) is 0 Å². The van der Waals surface area contributed by atoms with E-state index in [2.05, 4.69) is 5.32 Å². The van der Waals surface area contributed by atoms with Crippen LogP contribution < -0.4 is 5.32 Å². The van der Waals surface area contributed by atoms with Gasteiger partial charge in [0.05, 0.1) is 12.5 Å². The van der Waals surface area contributed by atoms with Crippen LogP contribution in [0.5, 0.6) is 0 Å². The van der Waals surface area contributed by atoms with Crippen molar-refractivity contribution >= 4 is 17.7 Å². The topological polar surface area (TPSA) is 72.5 Å². The normalized spacial score (nSPS) is 13.6. The van der Waals surface area contributed by atoms with Gasteiger partial charge >= 0.3 is 5.97 Å². The van der Waals surface area contributed by atoms with Crippen molar-refractivity contribution in [2.24, 2.45) is 5.92 Å². The molecule has 0 fully saturated rings. The number of hydrogen-bond donors (Lipinski definition) is 1. The zero-order valence-corrected chi connectivity index (χ0v) is 15.8. The van der Waals surface area contributed by atoms with Gasteiger partial charge in [-0.25, -0.2) is 0 Å². The quantitative estimate of drug-likeness (QED) is 0.734. The number of amides is 1. The van der Waals surface area contributed by atoms with Crippen LogP contribution in [0.25, 0.3) is 0 Å². The van der Waals surface area contributed by atoms with Crippen LogP contribution in [-0.4, -0.2) is 29.3 Å². The fraction of sp³-hybridized carbons (Fsp3) is 0.550. The highest BCUT2D eigenvalue weighted by Gasteiger charge is 2.24. The number of ketones is 1. The zero-order valence-electron chi connectivity index (χ0n) is 15.8. The van der Waals surface area contributed by atoms with Crippen LogP contribution in [0.15, 0.2) is 30.3 Å². The largest absolute Gasteiger partial charge is 0.460 e. The van der Waals surface area contributed by atoms with Crippen LogP contribution in [0.1, 0.15) is 53.0 Å². The number of benzene rings is 1. The average Bonchev–Trinajstić information content (AvgIpc) is 2.51. The maximum absolute atomic E-state index is 12.2. The van der Waals surface area contributed by atoms with Crippen molar-refractivity contribution in [1.82, 2.24) is 5.32 Å². The molecule has 138 valence electrons. The summed E-state index contributed by atoms with van der Waals surface area (Å²) in [4.78, 5) is 36.1. The third kappa shape index (κ3) is 8.47. The molecule has 5 heteroatoms. The van der Waals surface area contributed by atoms with Crippen molar-refractivity contribution in [2.75, 3.05) is 0 Å². The average molecular weight is 347 g/mol. The lowest BCUT2D eigenvalue weighted by Gasteiger charge is -2.21. The Morgan fingerprint density at radius 2 is 1.68 bits per heavy atom. The van der Waals surface area contributed by atoms with Gasteiger partial charge in [0.25, 0.3) is 0 Å². The number of esters is 1. The van der Waals surface area contributed by atoms with Crippen LogP contribution >= 0.6 is 0 Å². The van der Waals surface area contributed by atoms with Gasteiger partial charge in [-0.05, 0) is 39.7 Å². The van der Waals surface area contributed by atoms with E-state index in [1.807, 2.05) is 30.3 Å². The van der Waals surface area contributed by atoms with E-state index < -0.39 is 23.5 Å². The molecular formula is C20H29NO4. The number of ether oxygens (including phenoxy) is 1. The Balaban J connectivity index is 2.41. The lowest BCUT2D eigenvalue weighted by Crippen LogP contribution is -2.42. The van der Waals surface area contributed by atoms with E-state index in [9.17, 15) is 14.4 Å². The molecule has 0 saturated carbocycles. The molecule has 5 nitrogen and oxygen atoms in total. The molecule has 0 radical (unpaired) electrons. The Hall–Kier alpha value is -2.17. The van der Waals surface area contributed by atoms with Crippen molar-refractivity contribution in [3.8, 4) is 0 Å². The first-order valence-corrected chi connectivity index (χ1v) is 8.67. The first kappa shape index (κ1) is 20.9. The molecule has 0 unspecified atom stereocenters. The van der Waals surface area contributed by atoms with Gasteiger partial charge in [-0.2, -0.15) is 0 Å². The monoisotopic (exact) mass is 347 g/mol. The molecular weight excluding hydrogens is 318 g/mol. The minimum Gasteiger partial charge on any atom is -0.460 e. The second kappa shape index (κ2) is 9.35. The number of hydrogen-bond acceptors (Lipinski definition) is 4. The Bertz CT molecular complexity index is 589. The van der Waals surface area contributed by atoms with Gasteiger partial charge < -0.3 is 10.1 Å². The molecule has 1 aromatic rings. The Labute approximate surface area is 150 Å². The number of nitrogens with one attached hydrogen (secondary N) is 1. The molecule has 0 aliphatic heterocycles. The summed E-state index contributed by atoms with van der Waals surface area (Å²) in [6, 6.07) is 9.17. The summed E-state index contributed by atoms with van der Waals surface area (Å²) >= 11 is 0. The van der Waals surface area contributed by atoms with Crippen molar-refractivity contribution in [3.05, 3.63) is 35.9 Å². The third-order valence-corrected chi connectivity index (χ3v) is 3.69. The van der Waals surface area contributed by atoms with Gasteiger partial charge in [-0.1, -0.05) is 37.3 Å². The van der Waals surface area contributed by atoms with Crippen LogP contribution in [0.3, 0.4) is 0 Å². The maximum Gasteiger partial charge on any atom is 0.307 e. The van der Waals surface area contributed by atoms with Gasteiger partial charge in [0.15, 0.2) is 5.78 Å². The lowest BCUT2D eigenvalue weighted by atomic mass is 10.0. The van der Waals surface area contributed by atoms with Crippen molar-refractivity contribution in [2.45, 2.75) is 65.5 Å². The number of aryl methyl sites for hydroxylation is 1. The molecule has 0 saturated heterocycles. The van der Waals surface area contributed by atoms with Crippen molar-refractivity contribution in [3.63, 3.8) is 0 Å². The molecule has 1 amide bonds. The number of rotatable bonds is 8. The van der Waals surface area contributed by atoms with Crippen molar-refractivity contribution in [1.29, 1.82) is 0 Å². The Kier molecular flexibility index (Phi) is 7.81. The minimum atomic E-state index is -0.575. The Morgan fingerprint density at radius 3 is 2.24 bits per heavy atom. The maximum atomic E-state index is 12.2. The fourth-order valence-corrected chi connectivity index (χ4v) is 2.29. The van der Waals surface area contributed by atoms with Crippen LogP contribution in [0, 0.1) is 5.92 Å². The highest BCUT2D eigenvalue weighted by Crippen LogP contribution is 2.12. The number of Topliss-reactive ketones (excluding diaryl/α,β-unsaturated/α-hetero) is 1. The van der Waals surface area contributed by atoms with E-state index in [0.717, 1.165) is 5.56 Å². The predicted octanol–water partition coefficient (Wildman–Crippen LogP) is 3.06. The van der Waals surface area contributed by atoms with Gasteiger partial charge in [0, 0.05) is 12.3 Å². The summed E-state index contributed by atoms with van der Waals surface area (Å²) in [5.74, 6) is -1.30. The second-order valence-electron chi connectivity index (χ2n) is 7.37. The van der Waals surface area contributed by atoms with E-state index in [-0.39, 0.29) is 18.1 Å². The first-order chi connectivity index (χ1) is 11.6. The smallest absolute Gasteiger partial charge is 0.307 e. The minimum absolute atomic E-state index is 0.00592. The van der Waals surface area contributed by atoms with Gasteiger partial charge in [0.1, 0.15) is 5.60 Å². The molecule has 0 aromatic heterocycles. The molecule has 2 atom stereocenters. The summed E-state index contributed by atoms with van der Waals surface area (Å²) < 4.78 is 5.21. The molecule has 0 heterocycles. The highest BCUT2D eigenvalue weighted by molar-refractivity contribution is 5.90. The molecule has 0 aliphatic carbocycles. The molecule has 25 heavy (non-hydrogen) atoms. The highest BCUT2D eigenvalue weighted by atomic mass is 16.6. The lowest BCUT2D eigenvalue weighted by molar-refractivity contribution is -0.157. The summed E-state index contributed by atoms with van der Waals surface area (Å²) in [7, 11) is 0. The van der Waals surface area contributed by atoms with Crippen LogP contribution in [0.2, 0.25) is 0 Å². The third-order valence-electron chi connectivity index (χ3n) is 3.69. The predicted molar refractivity (Wildman–Crippen MR) is 97.0 cm³/mol. The molecule has 0 spiro atoms. The van der Waals surface area contributed by atoms with E-state index in [4.69, 9.17) is 4.74 Å². The van der Waals surface area contributed by atoms with E-state index >= 15 is 0 Å². The van der Waals surface area contributed by atoms with E-state index in [1.54, 1.807) is 34.6 Å². The Morgan fingerprint density at radius 1 is 1.08 bits per heavy atom. The number of carbonyl (C=O) groups is 3. The first-order valence-electron chi connectivity index (χ1n) is 8.67. The van der Waals surface area contributed by atoms with Crippen LogP contribution in [-0.2, 0) is 25.5 Å². The van der Waals surface area contributed by atoms with Crippen molar-refractivity contribution < 1.29 is 19.1 Å². The fourth-order valence-electron chi connectivity index (χ4n) is 2.29. The standard InChI is InChI=1S/C20H29NO4/c1-14(13-18(23)25-20(3,4)5)19(24)21-15(2)17(22)12-11-16-9-7-6-8-10-16/h6-10,14-15H,11-13H2,1-5H3,(H,21,24)/t14-,15+/m1/s1. The SMILES string of the molecule is C[C@H](CC(=O)OC(C)(C)C)C(=O)N[C@@H](C)C(=O)CCc1ccccc1. The van der Waals surface area contributed by atoms with Crippen LogP contribution in [0.4, 0.5) is 0 Å². The summed E-state index contributed by atoms with van der Waals surface area (Å²) in [5.41, 5.74) is 0.515. The summed E-state index contributed by atoms with van der Waals surface area (Å²) in [6.45, 7) is 8.67. The second-order valence-corrected chi connectivity index (χ2v) is 7.37. The molecule has 1 N–H and O–H groups in total. The van der Waals surface area contributed by atoms with Gasteiger partial charge in [0.2, 0.25) is 5.91 Å². The number of carbonyl (C=O) groups excluding carboxylic acids is 3. The summed E-state index contributed by atoms with van der Waals surface area (Å²) in [5, 5.41) is 2.69. The molecule has 1 aromatic carbocycles. The van der Waals surface area contributed by atoms with E-state index in [1.165, 1.54) is 0 Å². The molecule has 1 rings (SSSR count). The molecule has 0 bridgehead atoms. The van der Waals surface area contributed by atoms with E-state index in [0.29, 0.717) is 12.8 Å². The summed E-state index contributed by atoms with van der Waals surface area (Å²) in [6.07, 6.45) is 1.01. The molecule has 0 aliphatic rings. The van der Waals surface area contributed by atoms with Gasteiger partial charge in [-0.3, -0.25) is 14.4 Å². The zero-order chi connectivity index (χ0) is 19.0.